The van der Waals surface area contributed by atoms with Crippen molar-refractivity contribution in [1.29, 1.82) is 0 Å². The topological polar surface area (TPSA) is 55.8 Å². The molecule has 1 saturated carbocycles. The number of rotatable bonds is 2. The van der Waals surface area contributed by atoms with Gasteiger partial charge in [-0.2, -0.15) is 0 Å². The van der Waals surface area contributed by atoms with E-state index in [-0.39, 0.29) is 23.9 Å². The first kappa shape index (κ1) is 13.2. The number of methoxy groups -OCH3 is 1. The average Bonchev–Trinajstić information content (AvgIpc) is 2.47. The first-order valence-corrected chi connectivity index (χ1v) is 6.92. The summed E-state index contributed by atoms with van der Waals surface area (Å²) in [7, 11) is 1.59. The Hall–Kier alpha value is -1.81. The molecule has 1 heterocycles. The van der Waals surface area contributed by atoms with Gasteiger partial charge in [0.2, 0.25) is 0 Å². The lowest BCUT2D eigenvalue weighted by molar-refractivity contribution is -0.126. The molecule has 0 radical (unpaired) electrons. The number of carbonyl (C=O) groups is 1. The summed E-state index contributed by atoms with van der Waals surface area (Å²) in [4.78, 5) is 12.6. The van der Waals surface area contributed by atoms with Gasteiger partial charge in [0.1, 0.15) is 11.9 Å². The Labute approximate surface area is 118 Å². The number of allylic oxidation sites excluding steroid dienone is 1. The molecule has 3 rings (SSSR count). The third kappa shape index (κ3) is 2.20. The highest BCUT2D eigenvalue weighted by Crippen LogP contribution is 2.38. The van der Waals surface area contributed by atoms with E-state index in [1.54, 1.807) is 7.11 Å². The molecule has 3 atom stereocenters. The van der Waals surface area contributed by atoms with Gasteiger partial charge < -0.3 is 14.6 Å². The zero-order valence-electron chi connectivity index (χ0n) is 11.4. The summed E-state index contributed by atoms with van der Waals surface area (Å²) in [6.45, 7) is 0. The molecule has 2 aliphatic rings. The van der Waals surface area contributed by atoms with E-state index in [1.165, 1.54) is 6.26 Å². The van der Waals surface area contributed by atoms with Crippen molar-refractivity contribution in [2.75, 3.05) is 7.11 Å². The molecule has 106 valence electrons. The molecule has 0 amide bonds. The molecule has 0 spiro atoms. The minimum absolute atomic E-state index is 0.0950. The van der Waals surface area contributed by atoms with Crippen molar-refractivity contribution >= 4 is 11.4 Å². The van der Waals surface area contributed by atoms with Gasteiger partial charge in [-0.25, -0.2) is 0 Å². The number of carbonyl (C=O) groups excluding carboxylic acids is 1. The van der Waals surface area contributed by atoms with Crippen LogP contribution in [0.4, 0.5) is 0 Å². The summed E-state index contributed by atoms with van der Waals surface area (Å²) in [5, 5.41) is 9.67. The van der Waals surface area contributed by atoms with Crippen LogP contribution in [0.15, 0.2) is 30.5 Å². The molecule has 0 aromatic heterocycles. The summed E-state index contributed by atoms with van der Waals surface area (Å²) >= 11 is 0. The summed E-state index contributed by atoms with van der Waals surface area (Å²) in [5.74, 6) is 0.617. The van der Waals surface area contributed by atoms with Crippen LogP contribution in [0.25, 0.3) is 5.57 Å². The normalized spacial score (nSPS) is 29.2. The fraction of sp³-hybridized carbons (Fsp3) is 0.438. The maximum absolute atomic E-state index is 12.6. The lowest BCUT2D eigenvalue weighted by atomic mass is 9.78. The number of hydrogen-bond acceptors (Lipinski definition) is 4. The second-order valence-corrected chi connectivity index (χ2v) is 5.34. The molecular weight excluding hydrogens is 256 g/mol. The molecule has 1 aliphatic heterocycles. The van der Waals surface area contributed by atoms with Crippen LogP contribution in [0.3, 0.4) is 0 Å². The quantitative estimate of drug-likeness (QED) is 0.898. The van der Waals surface area contributed by atoms with Gasteiger partial charge in [0, 0.05) is 12.0 Å². The van der Waals surface area contributed by atoms with Crippen LogP contribution >= 0.6 is 0 Å². The van der Waals surface area contributed by atoms with Gasteiger partial charge in [-0.15, -0.1) is 0 Å². The van der Waals surface area contributed by atoms with Crippen LogP contribution in [0.2, 0.25) is 0 Å². The Balaban J connectivity index is 1.93. The van der Waals surface area contributed by atoms with E-state index in [2.05, 4.69) is 0 Å². The molecule has 20 heavy (non-hydrogen) atoms. The van der Waals surface area contributed by atoms with Crippen LogP contribution in [-0.2, 0) is 9.53 Å². The first-order valence-electron chi connectivity index (χ1n) is 6.92. The molecular formula is C16H18O4. The van der Waals surface area contributed by atoms with E-state index >= 15 is 0 Å². The number of Topliss-reactive ketones (excluding diaryl/α,β-unsaturated/α-hetero) is 1. The van der Waals surface area contributed by atoms with Crippen LogP contribution < -0.4 is 4.74 Å². The van der Waals surface area contributed by atoms with E-state index in [4.69, 9.17) is 9.47 Å². The zero-order valence-corrected chi connectivity index (χ0v) is 11.4. The second kappa shape index (κ2) is 5.29. The Bertz CT molecular complexity index is 549. The lowest BCUT2D eigenvalue weighted by Gasteiger charge is -2.36. The van der Waals surface area contributed by atoms with Crippen LogP contribution in [0, 0.1) is 5.92 Å². The van der Waals surface area contributed by atoms with Gasteiger partial charge in [0.15, 0.2) is 5.78 Å². The van der Waals surface area contributed by atoms with Gasteiger partial charge in [-0.3, -0.25) is 4.79 Å². The smallest absolute Gasteiger partial charge is 0.173 e. The summed E-state index contributed by atoms with van der Waals surface area (Å²) in [6.07, 6.45) is 2.85. The number of fused-ring (bicyclic) bond motifs is 1. The number of ether oxygens (including phenoxy) is 2. The van der Waals surface area contributed by atoms with Gasteiger partial charge in [0.25, 0.3) is 0 Å². The first-order chi connectivity index (χ1) is 9.70. The fourth-order valence-electron chi connectivity index (χ4n) is 3.04. The van der Waals surface area contributed by atoms with Crippen molar-refractivity contribution in [3.8, 4) is 5.75 Å². The molecule has 1 aromatic rings. The van der Waals surface area contributed by atoms with Crippen LogP contribution in [-0.4, -0.2) is 30.2 Å². The Morgan fingerprint density at radius 2 is 2.10 bits per heavy atom. The molecule has 1 N–H and O–H groups in total. The zero-order chi connectivity index (χ0) is 14.1. The van der Waals surface area contributed by atoms with Crippen molar-refractivity contribution in [2.24, 2.45) is 5.92 Å². The van der Waals surface area contributed by atoms with Crippen molar-refractivity contribution in [1.82, 2.24) is 0 Å². The van der Waals surface area contributed by atoms with E-state index < -0.39 is 0 Å². The maximum atomic E-state index is 12.6. The standard InChI is InChI=1S/C16H18O4/c1-19-14-5-3-2-4-11(14)13-9-20-15-8-10(17)6-7-12(15)16(13)18/h2-5,9-10,12,15,17H,6-8H2,1H3. The monoisotopic (exact) mass is 274 g/mol. The molecule has 1 aliphatic carbocycles. The average molecular weight is 274 g/mol. The minimum atomic E-state index is -0.356. The number of benzene rings is 1. The van der Waals surface area contributed by atoms with E-state index in [1.807, 2.05) is 24.3 Å². The Kier molecular flexibility index (Phi) is 3.49. The summed E-state index contributed by atoms with van der Waals surface area (Å²) < 4.78 is 11.0. The summed E-state index contributed by atoms with van der Waals surface area (Å²) in [6, 6.07) is 7.45. The van der Waals surface area contributed by atoms with Crippen molar-refractivity contribution in [3.05, 3.63) is 36.1 Å². The van der Waals surface area contributed by atoms with Crippen LogP contribution in [0.5, 0.6) is 5.75 Å². The van der Waals surface area contributed by atoms with Gasteiger partial charge >= 0.3 is 0 Å². The molecule has 0 bridgehead atoms. The van der Waals surface area contributed by atoms with Crippen LogP contribution in [0.1, 0.15) is 24.8 Å². The molecule has 1 fully saturated rings. The molecule has 1 aromatic carbocycles. The summed E-state index contributed by atoms with van der Waals surface area (Å²) in [5.41, 5.74) is 1.34. The van der Waals surface area contributed by atoms with Crippen molar-refractivity contribution < 1.29 is 19.4 Å². The van der Waals surface area contributed by atoms with Crippen molar-refractivity contribution in [3.63, 3.8) is 0 Å². The van der Waals surface area contributed by atoms with Gasteiger partial charge in [-0.05, 0) is 18.9 Å². The molecule has 4 heteroatoms. The van der Waals surface area contributed by atoms with Gasteiger partial charge in [-0.1, -0.05) is 18.2 Å². The second-order valence-electron chi connectivity index (χ2n) is 5.34. The molecule has 3 unspecified atom stereocenters. The van der Waals surface area contributed by atoms with Gasteiger partial charge in [0.05, 0.1) is 31.0 Å². The lowest BCUT2D eigenvalue weighted by Crippen LogP contribution is -2.40. The number of aliphatic hydroxyl groups excluding tert-OH is 1. The molecule has 4 nitrogen and oxygen atoms in total. The number of ketones is 1. The van der Waals surface area contributed by atoms with E-state index in [0.29, 0.717) is 30.6 Å². The minimum Gasteiger partial charge on any atom is -0.496 e. The predicted octanol–water partition coefficient (Wildman–Crippen LogP) is 2.17. The third-order valence-electron chi connectivity index (χ3n) is 4.12. The largest absolute Gasteiger partial charge is 0.496 e. The third-order valence-corrected chi connectivity index (χ3v) is 4.12. The highest BCUT2D eigenvalue weighted by molar-refractivity contribution is 6.22. The highest BCUT2D eigenvalue weighted by atomic mass is 16.5. The fourth-order valence-corrected chi connectivity index (χ4v) is 3.04. The predicted molar refractivity (Wildman–Crippen MR) is 74.2 cm³/mol. The maximum Gasteiger partial charge on any atom is 0.173 e. The number of hydrogen-bond donors (Lipinski definition) is 1. The SMILES string of the molecule is COc1ccccc1C1=COC2CC(O)CCC2C1=O. The molecule has 0 saturated heterocycles. The Morgan fingerprint density at radius 3 is 2.90 bits per heavy atom. The van der Waals surface area contributed by atoms with E-state index in [9.17, 15) is 9.90 Å². The number of para-hydroxylation sites is 1. The Morgan fingerprint density at radius 1 is 1.30 bits per heavy atom. The highest BCUT2D eigenvalue weighted by Gasteiger charge is 2.40. The van der Waals surface area contributed by atoms with E-state index in [0.717, 1.165) is 5.56 Å². The number of aliphatic hydroxyl groups is 1. The van der Waals surface area contributed by atoms with Crippen molar-refractivity contribution in [2.45, 2.75) is 31.5 Å².